The first-order valence-electron chi connectivity index (χ1n) is 7.75. The minimum atomic E-state index is -4.50. The lowest BCUT2D eigenvalue weighted by atomic mass is 10.2. The fraction of sp³-hybridized carbons (Fsp3) is 0.176. The first-order chi connectivity index (χ1) is 12.6. The van der Waals surface area contributed by atoms with Crippen LogP contribution in [0.15, 0.2) is 47.3 Å². The molecular formula is C17H14F3N5O2. The summed E-state index contributed by atoms with van der Waals surface area (Å²) < 4.78 is 41.1. The molecule has 0 aliphatic carbocycles. The normalized spacial score (nSPS) is 11.4. The summed E-state index contributed by atoms with van der Waals surface area (Å²) in [5, 5.41) is 10.5. The Hall–Kier alpha value is -3.43. The minimum absolute atomic E-state index is 0.0217. The van der Waals surface area contributed by atoms with E-state index in [0.29, 0.717) is 5.69 Å². The van der Waals surface area contributed by atoms with Crippen molar-refractivity contribution in [3.8, 4) is 5.69 Å². The molecule has 27 heavy (non-hydrogen) atoms. The molecule has 0 bridgehead atoms. The molecule has 0 fully saturated rings. The number of alkyl halides is 3. The first kappa shape index (κ1) is 18.4. The average molecular weight is 377 g/mol. The van der Waals surface area contributed by atoms with Crippen molar-refractivity contribution in [3.63, 3.8) is 0 Å². The molecule has 3 rings (SSSR count). The van der Waals surface area contributed by atoms with Crippen LogP contribution in [-0.2, 0) is 13.2 Å². The number of anilines is 1. The standard InChI is InChI=1S/C17H14F3N5O2/c1-10-8-14(21-16(27)13-6-7-15(26)24(2)23-13)25(22-10)12-5-3-4-11(9-12)17(18,19)20/h3-9H,1-2H3,(H,21,27). The van der Waals surface area contributed by atoms with Crippen LogP contribution in [0.2, 0.25) is 0 Å². The number of halogens is 3. The van der Waals surface area contributed by atoms with Gasteiger partial charge in [-0.3, -0.25) is 9.59 Å². The third-order valence-corrected chi connectivity index (χ3v) is 3.68. The maximum absolute atomic E-state index is 13.0. The van der Waals surface area contributed by atoms with Crippen LogP contribution in [0, 0.1) is 6.92 Å². The Kier molecular flexibility index (Phi) is 4.56. The molecule has 10 heteroatoms. The Morgan fingerprint density at radius 1 is 1.11 bits per heavy atom. The summed E-state index contributed by atoms with van der Waals surface area (Å²) in [6, 6.07) is 8.56. The van der Waals surface area contributed by atoms with Crippen molar-refractivity contribution in [1.29, 1.82) is 0 Å². The summed E-state index contributed by atoms with van der Waals surface area (Å²) >= 11 is 0. The molecule has 0 aliphatic heterocycles. The predicted molar refractivity (Wildman–Crippen MR) is 90.7 cm³/mol. The molecule has 0 spiro atoms. The molecule has 1 amide bonds. The number of hydrogen-bond acceptors (Lipinski definition) is 4. The van der Waals surface area contributed by atoms with E-state index < -0.39 is 17.6 Å². The van der Waals surface area contributed by atoms with Crippen molar-refractivity contribution >= 4 is 11.7 Å². The van der Waals surface area contributed by atoms with Gasteiger partial charge in [-0.25, -0.2) is 9.36 Å². The van der Waals surface area contributed by atoms with Gasteiger partial charge in [0, 0.05) is 19.2 Å². The van der Waals surface area contributed by atoms with Crippen LogP contribution in [-0.4, -0.2) is 25.5 Å². The van der Waals surface area contributed by atoms with E-state index in [4.69, 9.17) is 0 Å². The molecule has 0 atom stereocenters. The van der Waals surface area contributed by atoms with Crippen LogP contribution in [0.1, 0.15) is 21.7 Å². The van der Waals surface area contributed by atoms with E-state index in [0.717, 1.165) is 16.8 Å². The number of nitrogens with one attached hydrogen (secondary N) is 1. The van der Waals surface area contributed by atoms with Gasteiger partial charge in [-0.1, -0.05) is 6.07 Å². The smallest absolute Gasteiger partial charge is 0.305 e. The predicted octanol–water partition coefficient (Wildman–Crippen LogP) is 2.55. The zero-order valence-corrected chi connectivity index (χ0v) is 14.3. The van der Waals surface area contributed by atoms with Crippen molar-refractivity contribution < 1.29 is 18.0 Å². The van der Waals surface area contributed by atoms with E-state index in [1.54, 1.807) is 6.92 Å². The molecule has 0 saturated carbocycles. The highest BCUT2D eigenvalue weighted by atomic mass is 19.4. The third-order valence-electron chi connectivity index (χ3n) is 3.68. The molecule has 0 unspecified atom stereocenters. The first-order valence-corrected chi connectivity index (χ1v) is 7.75. The molecule has 0 aliphatic rings. The van der Waals surface area contributed by atoms with Crippen LogP contribution in [0.5, 0.6) is 0 Å². The second kappa shape index (κ2) is 6.71. The van der Waals surface area contributed by atoms with Gasteiger partial charge in [-0.05, 0) is 31.2 Å². The van der Waals surface area contributed by atoms with Crippen molar-refractivity contribution in [2.45, 2.75) is 13.1 Å². The molecule has 1 aromatic carbocycles. The maximum atomic E-state index is 13.0. The zero-order chi connectivity index (χ0) is 19.8. The van der Waals surface area contributed by atoms with Gasteiger partial charge in [0.15, 0.2) is 0 Å². The van der Waals surface area contributed by atoms with E-state index >= 15 is 0 Å². The van der Waals surface area contributed by atoms with Gasteiger partial charge in [0.05, 0.1) is 16.9 Å². The molecule has 7 nitrogen and oxygen atoms in total. The molecule has 140 valence electrons. The number of rotatable bonds is 3. The lowest BCUT2D eigenvalue weighted by molar-refractivity contribution is -0.137. The van der Waals surface area contributed by atoms with Crippen LogP contribution < -0.4 is 10.9 Å². The van der Waals surface area contributed by atoms with E-state index in [1.165, 1.54) is 42.1 Å². The van der Waals surface area contributed by atoms with E-state index in [2.05, 4.69) is 15.5 Å². The number of hydrogen-bond donors (Lipinski definition) is 1. The van der Waals surface area contributed by atoms with Gasteiger partial charge in [0.1, 0.15) is 11.5 Å². The Morgan fingerprint density at radius 2 is 1.85 bits per heavy atom. The second-order valence-electron chi connectivity index (χ2n) is 5.77. The Bertz CT molecular complexity index is 1070. The number of amides is 1. The number of aryl methyl sites for hydroxylation is 2. The second-order valence-corrected chi connectivity index (χ2v) is 5.77. The molecule has 2 heterocycles. The third kappa shape index (κ3) is 3.89. The van der Waals surface area contributed by atoms with Crippen LogP contribution in [0.3, 0.4) is 0 Å². The molecule has 0 radical (unpaired) electrons. The van der Waals surface area contributed by atoms with E-state index in [-0.39, 0.29) is 22.8 Å². The number of carbonyl (C=O) groups excluding carboxylic acids is 1. The summed E-state index contributed by atoms with van der Waals surface area (Å²) in [5.74, 6) is -0.453. The summed E-state index contributed by atoms with van der Waals surface area (Å²) in [7, 11) is 1.40. The fourth-order valence-corrected chi connectivity index (χ4v) is 2.40. The lowest BCUT2D eigenvalue weighted by Crippen LogP contribution is -2.24. The summed E-state index contributed by atoms with van der Waals surface area (Å²) in [6.07, 6.45) is -4.50. The topological polar surface area (TPSA) is 81.8 Å². The maximum Gasteiger partial charge on any atom is 0.416 e. The van der Waals surface area contributed by atoms with Gasteiger partial charge in [0.25, 0.3) is 11.5 Å². The number of nitrogens with zero attached hydrogens (tertiary/aromatic N) is 4. The summed E-state index contributed by atoms with van der Waals surface area (Å²) in [6.45, 7) is 1.64. The molecule has 2 aromatic heterocycles. The zero-order valence-electron chi connectivity index (χ0n) is 14.3. The molecular weight excluding hydrogens is 363 g/mol. The van der Waals surface area contributed by atoms with Crippen molar-refractivity contribution in [1.82, 2.24) is 19.6 Å². The quantitative estimate of drug-likeness (QED) is 0.761. The number of carbonyl (C=O) groups is 1. The van der Waals surface area contributed by atoms with Gasteiger partial charge in [-0.2, -0.15) is 23.4 Å². The van der Waals surface area contributed by atoms with Gasteiger partial charge in [0.2, 0.25) is 0 Å². The van der Waals surface area contributed by atoms with Gasteiger partial charge >= 0.3 is 6.18 Å². The van der Waals surface area contributed by atoms with Crippen LogP contribution in [0.4, 0.5) is 19.0 Å². The highest BCUT2D eigenvalue weighted by Gasteiger charge is 2.30. The monoisotopic (exact) mass is 377 g/mol. The van der Waals surface area contributed by atoms with Gasteiger partial charge in [-0.15, -0.1) is 0 Å². The molecule has 1 N–H and O–H groups in total. The Balaban J connectivity index is 1.96. The van der Waals surface area contributed by atoms with Crippen molar-refractivity contribution in [3.05, 3.63) is 69.8 Å². The van der Waals surface area contributed by atoms with Crippen LogP contribution in [0.25, 0.3) is 5.69 Å². The van der Waals surface area contributed by atoms with Crippen molar-refractivity contribution in [2.24, 2.45) is 7.05 Å². The average Bonchev–Trinajstić information content (AvgIpc) is 2.97. The number of benzene rings is 1. The Morgan fingerprint density at radius 3 is 2.52 bits per heavy atom. The van der Waals surface area contributed by atoms with E-state index in [1.807, 2.05) is 0 Å². The highest BCUT2D eigenvalue weighted by Crippen LogP contribution is 2.31. The van der Waals surface area contributed by atoms with Crippen LogP contribution >= 0.6 is 0 Å². The fourth-order valence-electron chi connectivity index (χ4n) is 2.40. The molecule has 3 aromatic rings. The summed E-state index contributed by atoms with van der Waals surface area (Å²) in [4.78, 5) is 23.8. The minimum Gasteiger partial charge on any atom is -0.305 e. The lowest BCUT2D eigenvalue weighted by Gasteiger charge is -2.11. The Labute approximate surface area is 151 Å². The largest absolute Gasteiger partial charge is 0.416 e. The molecule has 0 saturated heterocycles. The summed E-state index contributed by atoms with van der Waals surface area (Å²) in [5.41, 5.74) is -0.592. The van der Waals surface area contributed by atoms with Crippen molar-refractivity contribution in [2.75, 3.05) is 5.32 Å². The van der Waals surface area contributed by atoms with Gasteiger partial charge < -0.3 is 5.32 Å². The number of aromatic nitrogens is 4. The highest BCUT2D eigenvalue weighted by molar-refractivity contribution is 6.02. The van der Waals surface area contributed by atoms with E-state index in [9.17, 15) is 22.8 Å². The SMILES string of the molecule is Cc1cc(NC(=O)c2ccc(=O)n(C)n2)n(-c2cccc(C(F)(F)F)c2)n1.